The highest BCUT2D eigenvalue weighted by Gasteiger charge is 2.30. The summed E-state index contributed by atoms with van der Waals surface area (Å²) in [5, 5.41) is 7.55. The number of nitrogens with one attached hydrogen (secondary N) is 2. The molecule has 1 saturated heterocycles. The topological polar surface area (TPSA) is 105 Å². The number of aromatic nitrogens is 4. The van der Waals surface area contributed by atoms with Crippen molar-refractivity contribution in [1.82, 2.24) is 29.7 Å². The standard InChI is InChI=1S/C28H25N7O2/c1-17(36)35-15-21(16-35)33-28(37)22-5-7-29-14-25(22)32-20-12-23(27-24(13-20)30-8-9-31-27)19-4-3-18-6-10-34(2)26(18)11-19/h3-14,21,32H,15-16H2,1-2H3,(H,33,37). The van der Waals surface area contributed by atoms with Gasteiger partial charge in [0.25, 0.3) is 5.91 Å². The number of amides is 2. The van der Waals surface area contributed by atoms with Crippen molar-refractivity contribution in [3.8, 4) is 11.1 Å². The first-order valence-corrected chi connectivity index (χ1v) is 12.0. The Hall–Kier alpha value is -4.79. The van der Waals surface area contributed by atoms with Gasteiger partial charge in [0.05, 0.1) is 34.5 Å². The fraction of sp³-hybridized carbons (Fsp3) is 0.179. The lowest BCUT2D eigenvalue weighted by molar-refractivity contribution is -0.133. The van der Waals surface area contributed by atoms with Crippen molar-refractivity contribution >= 4 is 45.1 Å². The Morgan fingerprint density at radius 2 is 1.84 bits per heavy atom. The highest BCUT2D eigenvalue weighted by Crippen LogP contribution is 2.33. The minimum atomic E-state index is -0.215. The number of fused-ring (bicyclic) bond motifs is 2. The fourth-order valence-electron chi connectivity index (χ4n) is 4.73. The van der Waals surface area contributed by atoms with Crippen LogP contribution in [0.15, 0.2) is 73.4 Å². The fourth-order valence-corrected chi connectivity index (χ4v) is 4.73. The molecule has 5 aromatic rings. The van der Waals surface area contributed by atoms with E-state index in [0.29, 0.717) is 24.3 Å². The molecule has 2 amide bonds. The monoisotopic (exact) mass is 491 g/mol. The highest BCUT2D eigenvalue weighted by atomic mass is 16.2. The van der Waals surface area contributed by atoms with Gasteiger partial charge in [-0.25, -0.2) is 0 Å². The molecule has 6 rings (SSSR count). The summed E-state index contributed by atoms with van der Waals surface area (Å²) in [6, 6.07) is 14.0. The molecule has 4 heterocycles. The summed E-state index contributed by atoms with van der Waals surface area (Å²) in [5.41, 5.74) is 6.44. The Kier molecular flexibility index (Phi) is 5.52. The van der Waals surface area contributed by atoms with Gasteiger partial charge in [-0.05, 0) is 41.3 Å². The molecule has 0 spiro atoms. The zero-order valence-electron chi connectivity index (χ0n) is 20.5. The minimum absolute atomic E-state index is 0.0123. The van der Waals surface area contributed by atoms with Crippen molar-refractivity contribution in [2.45, 2.75) is 13.0 Å². The summed E-state index contributed by atoms with van der Waals surface area (Å²) in [7, 11) is 2.03. The summed E-state index contributed by atoms with van der Waals surface area (Å²) in [4.78, 5) is 39.6. The molecule has 1 aliphatic heterocycles. The van der Waals surface area contributed by atoms with Crippen LogP contribution in [0.25, 0.3) is 33.1 Å². The lowest BCUT2D eigenvalue weighted by Crippen LogP contribution is -2.60. The summed E-state index contributed by atoms with van der Waals surface area (Å²) in [6.45, 7) is 2.57. The second-order valence-corrected chi connectivity index (χ2v) is 9.29. The second kappa shape index (κ2) is 9.02. The number of likely N-dealkylation sites (tertiary alicyclic amines) is 1. The lowest BCUT2D eigenvalue weighted by atomic mass is 10.0. The Labute approximate surface area is 213 Å². The number of hydrogen-bond donors (Lipinski definition) is 2. The molecule has 0 bridgehead atoms. The molecule has 1 aliphatic rings. The van der Waals surface area contributed by atoms with Gasteiger partial charge in [0.15, 0.2) is 0 Å². The number of hydrogen-bond acceptors (Lipinski definition) is 6. The third-order valence-electron chi connectivity index (χ3n) is 6.78. The normalized spacial score (nSPS) is 13.5. The lowest BCUT2D eigenvalue weighted by Gasteiger charge is -2.38. The number of rotatable bonds is 5. The van der Waals surface area contributed by atoms with E-state index in [1.807, 2.05) is 25.4 Å². The van der Waals surface area contributed by atoms with Crippen LogP contribution < -0.4 is 10.6 Å². The van der Waals surface area contributed by atoms with Crippen molar-refractivity contribution < 1.29 is 9.59 Å². The zero-order valence-corrected chi connectivity index (χ0v) is 20.5. The molecule has 37 heavy (non-hydrogen) atoms. The van der Waals surface area contributed by atoms with E-state index >= 15 is 0 Å². The molecule has 0 aliphatic carbocycles. The molecule has 9 nitrogen and oxygen atoms in total. The van der Waals surface area contributed by atoms with E-state index in [0.717, 1.165) is 33.4 Å². The molecule has 0 radical (unpaired) electrons. The molecule has 0 atom stereocenters. The van der Waals surface area contributed by atoms with Gasteiger partial charge in [-0.3, -0.25) is 24.5 Å². The molecule has 3 aromatic heterocycles. The number of aryl methyl sites for hydroxylation is 1. The predicted octanol–water partition coefficient (Wildman–Crippen LogP) is 3.89. The maximum absolute atomic E-state index is 13.1. The maximum atomic E-state index is 13.1. The van der Waals surface area contributed by atoms with Gasteiger partial charge < -0.3 is 20.1 Å². The SMILES string of the molecule is CC(=O)N1CC(NC(=O)c2ccncc2Nc2cc(-c3ccc4ccn(C)c4c3)c3nccnc3c2)C1. The van der Waals surface area contributed by atoms with Crippen molar-refractivity contribution in [3.05, 3.63) is 79.0 Å². The molecule has 2 N–H and O–H groups in total. The van der Waals surface area contributed by atoms with Crippen molar-refractivity contribution in [2.75, 3.05) is 18.4 Å². The first-order chi connectivity index (χ1) is 18.0. The van der Waals surface area contributed by atoms with Gasteiger partial charge >= 0.3 is 0 Å². The van der Waals surface area contributed by atoms with Gasteiger partial charge in [-0.15, -0.1) is 0 Å². The molecular formula is C28H25N7O2. The molecule has 9 heteroatoms. The van der Waals surface area contributed by atoms with E-state index < -0.39 is 0 Å². The van der Waals surface area contributed by atoms with Gasteiger partial charge in [0, 0.05) is 68.6 Å². The maximum Gasteiger partial charge on any atom is 0.253 e. The largest absolute Gasteiger partial charge is 0.354 e. The number of pyridine rings is 1. The average molecular weight is 492 g/mol. The number of carbonyl (C=O) groups is 2. The third-order valence-corrected chi connectivity index (χ3v) is 6.78. The molecule has 2 aromatic carbocycles. The van der Waals surface area contributed by atoms with E-state index in [1.165, 1.54) is 12.3 Å². The third kappa shape index (κ3) is 4.24. The zero-order chi connectivity index (χ0) is 25.5. The number of anilines is 2. The van der Waals surface area contributed by atoms with Crippen molar-refractivity contribution in [1.29, 1.82) is 0 Å². The van der Waals surface area contributed by atoms with Crippen LogP contribution >= 0.6 is 0 Å². The Morgan fingerprint density at radius 1 is 1.00 bits per heavy atom. The quantitative estimate of drug-likeness (QED) is 0.387. The predicted molar refractivity (Wildman–Crippen MR) is 142 cm³/mol. The van der Waals surface area contributed by atoms with Crippen LogP contribution in [0.1, 0.15) is 17.3 Å². The Bertz CT molecular complexity index is 1670. The Morgan fingerprint density at radius 3 is 2.68 bits per heavy atom. The van der Waals surface area contributed by atoms with Crippen LogP contribution in [0.3, 0.4) is 0 Å². The summed E-state index contributed by atoms with van der Waals surface area (Å²) in [6.07, 6.45) is 8.63. The first-order valence-electron chi connectivity index (χ1n) is 12.0. The molecule has 184 valence electrons. The smallest absolute Gasteiger partial charge is 0.253 e. The van der Waals surface area contributed by atoms with Crippen molar-refractivity contribution in [2.24, 2.45) is 7.05 Å². The van der Waals surface area contributed by atoms with E-state index in [9.17, 15) is 9.59 Å². The minimum Gasteiger partial charge on any atom is -0.354 e. The second-order valence-electron chi connectivity index (χ2n) is 9.29. The highest BCUT2D eigenvalue weighted by molar-refractivity contribution is 6.02. The van der Waals surface area contributed by atoms with E-state index in [2.05, 4.69) is 54.4 Å². The number of benzene rings is 2. The van der Waals surface area contributed by atoms with Gasteiger partial charge in [0.1, 0.15) is 0 Å². The van der Waals surface area contributed by atoms with Gasteiger partial charge in [-0.1, -0.05) is 12.1 Å². The summed E-state index contributed by atoms with van der Waals surface area (Å²) < 4.78 is 2.09. The van der Waals surface area contributed by atoms with E-state index in [-0.39, 0.29) is 17.9 Å². The van der Waals surface area contributed by atoms with E-state index in [1.54, 1.807) is 35.8 Å². The molecule has 0 unspecified atom stereocenters. The Balaban J connectivity index is 1.34. The summed E-state index contributed by atoms with van der Waals surface area (Å²) >= 11 is 0. The van der Waals surface area contributed by atoms with E-state index in [4.69, 9.17) is 0 Å². The van der Waals surface area contributed by atoms with Crippen LogP contribution in [-0.4, -0.2) is 55.4 Å². The molecule has 0 saturated carbocycles. The molecular weight excluding hydrogens is 466 g/mol. The van der Waals surface area contributed by atoms with Gasteiger partial charge in [-0.2, -0.15) is 0 Å². The average Bonchev–Trinajstić information content (AvgIpc) is 3.25. The van der Waals surface area contributed by atoms with Gasteiger partial charge in [0.2, 0.25) is 5.91 Å². The molecule has 1 fully saturated rings. The van der Waals surface area contributed by atoms with Crippen LogP contribution in [0, 0.1) is 0 Å². The van der Waals surface area contributed by atoms with Crippen LogP contribution in [0.4, 0.5) is 11.4 Å². The summed E-state index contributed by atoms with van der Waals surface area (Å²) in [5.74, 6) is -0.202. The number of nitrogens with zero attached hydrogens (tertiary/aromatic N) is 5. The first kappa shape index (κ1) is 22.7. The van der Waals surface area contributed by atoms with Crippen molar-refractivity contribution in [3.63, 3.8) is 0 Å². The van der Waals surface area contributed by atoms with Crippen LogP contribution in [-0.2, 0) is 11.8 Å². The van der Waals surface area contributed by atoms with Crippen LogP contribution in [0.5, 0.6) is 0 Å². The van der Waals surface area contributed by atoms with Crippen LogP contribution in [0.2, 0.25) is 0 Å². The number of carbonyl (C=O) groups excluding carboxylic acids is 2.